The number of carboxylic acids is 1. The smallest absolute Gasteiger partial charge is 0.336 e. The summed E-state index contributed by atoms with van der Waals surface area (Å²) in [4.78, 5) is 47.5. The van der Waals surface area contributed by atoms with Crippen LogP contribution in [-0.2, 0) is 0 Å². The minimum absolute atomic E-state index is 0.0485. The van der Waals surface area contributed by atoms with Crippen LogP contribution in [-0.4, -0.2) is 37.6 Å². The maximum atomic E-state index is 13.8. The lowest BCUT2D eigenvalue weighted by molar-refractivity contribution is -0.385. The number of carboxylic acid groups (broad SMARTS) is 1. The van der Waals surface area contributed by atoms with Gasteiger partial charge in [-0.2, -0.15) is 5.10 Å². The Morgan fingerprint density at radius 1 is 0.923 bits per heavy atom. The predicted molar refractivity (Wildman–Crippen MR) is 141 cm³/mol. The maximum absolute atomic E-state index is 13.8. The highest BCUT2D eigenvalue weighted by Gasteiger charge is 2.44. The molecular weight excluding hydrogens is 504 g/mol. The van der Waals surface area contributed by atoms with Crippen molar-refractivity contribution in [1.29, 1.82) is 0 Å². The number of nitro benzene ring substituents is 2. The fourth-order valence-electron chi connectivity index (χ4n) is 5.23. The number of amides is 1. The lowest BCUT2D eigenvalue weighted by Gasteiger charge is -2.29. The van der Waals surface area contributed by atoms with Crippen molar-refractivity contribution in [2.45, 2.75) is 25.3 Å². The summed E-state index contributed by atoms with van der Waals surface area (Å²) < 4.78 is 0. The SMILES string of the molecule is O=C(O)c1ccccc1C(=O)N1N=C2/C(=C/c3cccc([N+](=O)[O-])c3)CCC[C@H]2[C@@H]1c1cccc([N+](=O)[O-])c1. The Morgan fingerprint density at radius 3 is 2.28 bits per heavy atom. The van der Waals surface area contributed by atoms with Gasteiger partial charge in [0.05, 0.1) is 32.7 Å². The van der Waals surface area contributed by atoms with Crippen LogP contribution in [0.25, 0.3) is 6.08 Å². The Hall–Kier alpha value is -5.19. The van der Waals surface area contributed by atoms with Gasteiger partial charge in [0.1, 0.15) is 0 Å². The Morgan fingerprint density at radius 2 is 1.59 bits per heavy atom. The third-order valence-electron chi connectivity index (χ3n) is 6.94. The van der Waals surface area contributed by atoms with Crippen LogP contribution in [0.5, 0.6) is 0 Å². The van der Waals surface area contributed by atoms with Crippen LogP contribution >= 0.6 is 0 Å². The highest BCUT2D eigenvalue weighted by Crippen LogP contribution is 2.45. The van der Waals surface area contributed by atoms with Crippen molar-refractivity contribution >= 4 is 35.0 Å². The highest BCUT2D eigenvalue weighted by molar-refractivity contribution is 6.10. The van der Waals surface area contributed by atoms with Crippen LogP contribution in [0.3, 0.4) is 0 Å². The Bertz CT molecular complexity index is 1580. The van der Waals surface area contributed by atoms with Crippen molar-refractivity contribution < 1.29 is 24.5 Å². The van der Waals surface area contributed by atoms with Crippen LogP contribution in [0.4, 0.5) is 11.4 Å². The quantitative estimate of drug-likeness (QED) is 0.322. The van der Waals surface area contributed by atoms with Crippen molar-refractivity contribution in [3.8, 4) is 0 Å². The molecule has 196 valence electrons. The average Bonchev–Trinajstić information content (AvgIpc) is 3.33. The summed E-state index contributed by atoms with van der Waals surface area (Å²) in [6.45, 7) is 0. The summed E-state index contributed by atoms with van der Waals surface area (Å²) in [5.41, 5.74) is 2.09. The Labute approximate surface area is 222 Å². The van der Waals surface area contributed by atoms with Crippen LogP contribution in [0.1, 0.15) is 57.1 Å². The van der Waals surface area contributed by atoms with Gasteiger partial charge in [-0.15, -0.1) is 0 Å². The van der Waals surface area contributed by atoms with E-state index >= 15 is 0 Å². The second-order valence-corrected chi connectivity index (χ2v) is 9.30. The van der Waals surface area contributed by atoms with E-state index in [2.05, 4.69) is 5.10 Å². The standard InChI is InChI=1S/C28H22N4O7/c33-27(22-11-1-2-12-23(22)28(34)35)30-26(19-8-4-10-21(16-19)32(38)39)24-13-5-7-18(25(24)29-30)14-17-6-3-9-20(15-17)31(36)37/h1-4,6,8-12,14-16,24,26H,5,7,13H2,(H,34,35)/b18-14+/t24-,26+/m1/s1. The van der Waals surface area contributed by atoms with Crippen LogP contribution < -0.4 is 0 Å². The molecule has 1 fully saturated rings. The molecule has 1 amide bonds. The molecule has 0 unspecified atom stereocenters. The number of nitro groups is 2. The summed E-state index contributed by atoms with van der Waals surface area (Å²) in [5.74, 6) is -2.21. The number of nitrogens with zero attached hydrogens (tertiary/aromatic N) is 4. The monoisotopic (exact) mass is 526 g/mol. The zero-order chi connectivity index (χ0) is 27.7. The zero-order valence-corrected chi connectivity index (χ0v) is 20.5. The summed E-state index contributed by atoms with van der Waals surface area (Å²) >= 11 is 0. The van der Waals surface area contributed by atoms with Gasteiger partial charge in [0.2, 0.25) is 0 Å². The maximum Gasteiger partial charge on any atom is 0.336 e. The second-order valence-electron chi connectivity index (χ2n) is 9.30. The van der Waals surface area contributed by atoms with Crippen molar-refractivity contribution in [2.75, 3.05) is 0 Å². The molecule has 2 aliphatic rings. The molecule has 2 atom stereocenters. The van der Waals surface area contributed by atoms with Gasteiger partial charge in [-0.1, -0.05) is 36.4 Å². The first-order chi connectivity index (χ1) is 18.7. The molecule has 0 bridgehead atoms. The Balaban J connectivity index is 1.63. The first-order valence-corrected chi connectivity index (χ1v) is 12.2. The third kappa shape index (κ3) is 4.89. The molecule has 5 rings (SSSR count). The molecule has 1 heterocycles. The van der Waals surface area contributed by atoms with E-state index in [1.54, 1.807) is 30.3 Å². The minimum atomic E-state index is -1.26. The van der Waals surface area contributed by atoms with Crippen LogP contribution in [0, 0.1) is 26.1 Å². The molecule has 3 aromatic carbocycles. The molecule has 0 spiro atoms. The summed E-state index contributed by atoms with van der Waals surface area (Å²) in [6.07, 6.45) is 3.81. The van der Waals surface area contributed by atoms with Gasteiger partial charge in [0.15, 0.2) is 0 Å². The number of fused-ring (bicyclic) bond motifs is 1. The van der Waals surface area contributed by atoms with Crippen LogP contribution in [0.15, 0.2) is 83.5 Å². The van der Waals surface area contributed by atoms with Gasteiger partial charge >= 0.3 is 5.97 Å². The third-order valence-corrected chi connectivity index (χ3v) is 6.94. The summed E-state index contributed by atoms with van der Waals surface area (Å²) in [7, 11) is 0. The van der Waals surface area contributed by atoms with Gasteiger partial charge in [-0.3, -0.25) is 25.0 Å². The predicted octanol–water partition coefficient (Wildman–Crippen LogP) is 5.64. The van der Waals surface area contributed by atoms with Gasteiger partial charge in [0, 0.05) is 30.2 Å². The molecule has 3 aromatic rings. The number of benzene rings is 3. The molecule has 1 saturated carbocycles. The number of non-ortho nitro benzene ring substituents is 2. The van der Waals surface area contributed by atoms with Crippen molar-refractivity contribution in [3.05, 3.63) is 121 Å². The number of carbonyl (C=O) groups excluding carboxylic acids is 1. The number of aromatic carboxylic acids is 1. The number of hydrazone groups is 1. The number of hydrogen-bond donors (Lipinski definition) is 1. The molecule has 0 radical (unpaired) electrons. The molecule has 1 aliphatic carbocycles. The van der Waals surface area contributed by atoms with Gasteiger partial charge < -0.3 is 5.11 Å². The van der Waals surface area contributed by atoms with E-state index in [9.17, 15) is 34.9 Å². The topological polar surface area (TPSA) is 156 Å². The summed E-state index contributed by atoms with van der Waals surface area (Å²) in [6, 6.07) is 17.3. The zero-order valence-electron chi connectivity index (χ0n) is 20.5. The van der Waals surface area contributed by atoms with Gasteiger partial charge in [-0.25, -0.2) is 9.80 Å². The van der Waals surface area contributed by atoms with E-state index in [1.165, 1.54) is 47.5 Å². The fourth-order valence-corrected chi connectivity index (χ4v) is 5.23. The van der Waals surface area contributed by atoms with E-state index < -0.39 is 27.8 Å². The lowest BCUT2D eigenvalue weighted by Crippen LogP contribution is -2.32. The van der Waals surface area contributed by atoms with E-state index in [0.29, 0.717) is 29.7 Å². The molecule has 11 nitrogen and oxygen atoms in total. The molecule has 0 aromatic heterocycles. The number of rotatable bonds is 6. The van der Waals surface area contributed by atoms with E-state index in [-0.39, 0.29) is 28.4 Å². The average molecular weight is 527 g/mol. The first-order valence-electron chi connectivity index (χ1n) is 12.2. The molecule has 11 heteroatoms. The number of hydrogen-bond acceptors (Lipinski definition) is 7. The van der Waals surface area contributed by atoms with E-state index in [1.807, 2.05) is 6.08 Å². The number of allylic oxidation sites excluding steroid dienone is 1. The normalized spacial score (nSPS) is 19.3. The highest BCUT2D eigenvalue weighted by atomic mass is 16.6. The molecular formula is C28H22N4O7. The second kappa shape index (κ2) is 10.3. The van der Waals surface area contributed by atoms with Crippen molar-refractivity contribution in [3.63, 3.8) is 0 Å². The molecule has 1 N–H and O–H groups in total. The first kappa shape index (κ1) is 25.5. The van der Waals surface area contributed by atoms with Gasteiger partial charge in [-0.05, 0) is 54.2 Å². The Kier molecular flexibility index (Phi) is 6.72. The van der Waals surface area contributed by atoms with E-state index in [4.69, 9.17) is 0 Å². The number of carbonyl (C=O) groups is 2. The lowest BCUT2D eigenvalue weighted by atomic mass is 9.77. The minimum Gasteiger partial charge on any atom is -0.478 e. The van der Waals surface area contributed by atoms with Crippen LogP contribution in [0.2, 0.25) is 0 Å². The largest absolute Gasteiger partial charge is 0.478 e. The van der Waals surface area contributed by atoms with Crippen molar-refractivity contribution in [1.82, 2.24) is 5.01 Å². The molecule has 1 aliphatic heterocycles. The fraction of sp³-hybridized carbons (Fsp3) is 0.179. The molecule has 39 heavy (non-hydrogen) atoms. The molecule has 0 saturated heterocycles. The summed E-state index contributed by atoms with van der Waals surface area (Å²) in [5, 5.41) is 38.4. The van der Waals surface area contributed by atoms with E-state index in [0.717, 1.165) is 12.0 Å². The van der Waals surface area contributed by atoms with Gasteiger partial charge in [0.25, 0.3) is 17.3 Å². The van der Waals surface area contributed by atoms with Crippen molar-refractivity contribution in [2.24, 2.45) is 11.0 Å².